The number of hydrogen-bond donors (Lipinski definition) is 0. The fourth-order valence-electron chi connectivity index (χ4n) is 2.52. The Bertz CT molecular complexity index is 586. The van der Waals surface area contributed by atoms with Gasteiger partial charge in [0.15, 0.2) is 0 Å². The Hall–Kier alpha value is -2.15. The van der Waals surface area contributed by atoms with Gasteiger partial charge in [-0.2, -0.15) is 0 Å². The highest BCUT2D eigenvalue weighted by Crippen LogP contribution is 2.38. The van der Waals surface area contributed by atoms with Crippen LogP contribution in [-0.4, -0.2) is 6.29 Å². The Kier molecular flexibility index (Phi) is 5.10. The monoisotopic (exact) mass is 278 g/mol. The normalized spacial score (nSPS) is 15.5. The third-order valence-corrected chi connectivity index (χ3v) is 4.18. The van der Waals surface area contributed by atoms with Crippen molar-refractivity contribution in [2.24, 2.45) is 5.41 Å². The molecule has 2 rings (SSSR count). The lowest BCUT2D eigenvalue weighted by Crippen LogP contribution is -2.25. The van der Waals surface area contributed by atoms with E-state index in [0.717, 1.165) is 18.3 Å². The lowest BCUT2D eigenvalue weighted by atomic mass is 9.72. The standard InChI is InChI=1S/C20H22O/c1-3-20(2,16-21)19(18-12-8-5-9-13-18)15-14-17-10-6-4-7-11-17/h4-16,19H,3H2,1-2H3/b15-14+/t19-,20+/m1/s1. The quantitative estimate of drug-likeness (QED) is 0.672. The van der Waals surface area contributed by atoms with Crippen LogP contribution < -0.4 is 0 Å². The van der Waals surface area contributed by atoms with E-state index in [2.05, 4.69) is 43.3 Å². The maximum absolute atomic E-state index is 11.7. The summed E-state index contributed by atoms with van der Waals surface area (Å²) in [5, 5.41) is 0. The van der Waals surface area contributed by atoms with Crippen molar-refractivity contribution in [3.8, 4) is 0 Å². The summed E-state index contributed by atoms with van der Waals surface area (Å²) in [5.41, 5.74) is 1.95. The topological polar surface area (TPSA) is 17.1 Å². The highest BCUT2D eigenvalue weighted by atomic mass is 16.1. The van der Waals surface area contributed by atoms with Crippen molar-refractivity contribution in [3.63, 3.8) is 0 Å². The number of carbonyl (C=O) groups excluding carboxylic acids is 1. The molecule has 0 aliphatic carbocycles. The number of allylic oxidation sites excluding steroid dienone is 1. The number of aldehydes is 1. The summed E-state index contributed by atoms with van der Waals surface area (Å²) in [6.07, 6.45) is 6.17. The van der Waals surface area contributed by atoms with Crippen molar-refractivity contribution in [1.29, 1.82) is 0 Å². The average molecular weight is 278 g/mol. The van der Waals surface area contributed by atoms with Crippen molar-refractivity contribution < 1.29 is 4.79 Å². The molecule has 0 spiro atoms. The van der Waals surface area contributed by atoms with E-state index >= 15 is 0 Å². The highest BCUT2D eigenvalue weighted by Gasteiger charge is 2.31. The van der Waals surface area contributed by atoms with E-state index in [0.29, 0.717) is 0 Å². The molecule has 2 aromatic rings. The summed E-state index contributed by atoms with van der Waals surface area (Å²) < 4.78 is 0. The van der Waals surface area contributed by atoms with Gasteiger partial charge in [0, 0.05) is 11.3 Å². The van der Waals surface area contributed by atoms with Crippen molar-refractivity contribution in [2.45, 2.75) is 26.2 Å². The molecule has 1 nitrogen and oxygen atoms in total. The lowest BCUT2D eigenvalue weighted by Gasteiger charge is -2.30. The van der Waals surface area contributed by atoms with Gasteiger partial charge in [-0.1, -0.05) is 86.7 Å². The Labute approximate surface area is 127 Å². The zero-order valence-electron chi connectivity index (χ0n) is 12.7. The second kappa shape index (κ2) is 7.03. The summed E-state index contributed by atoms with van der Waals surface area (Å²) >= 11 is 0. The second-order valence-electron chi connectivity index (χ2n) is 5.64. The average Bonchev–Trinajstić information content (AvgIpc) is 2.56. The molecule has 0 saturated carbocycles. The van der Waals surface area contributed by atoms with Gasteiger partial charge in [-0.25, -0.2) is 0 Å². The van der Waals surface area contributed by atoms with Gasteiger partial charge in [-0.3, -0.25) is 0 Å². The molecule has 0 unspecified atom stereocenters. The van der Waals surface area contributed by atoms with Crippen LogP contribution in [0.5, 0.6) is 0 Å². The van der Waals surface area contributed by atoms with Crippen molar-refractivity contribution >= 4 is 12.4 Å². The first-order valence-corrected chi connectivity index (χ1v) is 7.44. The van der Waals surface area contributed by atoms with Crippen molar-refractivity contribution in [2.75, 3.05) is 0 Å². The van der Waals surface area contributed by atoms with Crippen LogP contribution in [0.2, 0.25) is 0 Å². The van der Waals surface area contributed by atoms with Crippen LogP contribution in [-0.2, 0) is 4.79 Å². The minimum absolute atomic E-state index is 0.0846. The lowest BCUT2D eigenvalue weighted by molar-refractivity contribution is -0.116. The van der Waals surface area contributed by atoms with E-state index < -0.39 is 0 Å². The van der Waals surface area contributed by atoms with Crippen LogP contribution in [0.4, 0.5) is 0 Å². The van der Waals surface area contributed by atoms with Gasteiger partial charge in [-0.05, 0) is 17.5 Å². The maximum Gasteiger partial charge on any atom is 0.126 e. The van der Waals surface area contributed by atoms with Gasteiger partial charge in [0.1, 0.15) is 6.29 Å². The second-order valence-corrected chi connectivity index (χ2v) is 5.64. The first-order valence-electron chi connectivity index (χ1n) is 7.44. The fraction of sp³-hybridized carbons (Fsp3) is 0.250. The molecular weight excluding hydrogens is 256 g/mol. The Morgan fingerprint density at radius 2 is 1.57 bits per heavy atom. The largest absolute Gasteiger partial charge is 0.303 e. The van der Waals surface area contributed by atoms with E-state index in [9.17, 15) is 4.79 Å². The van der Waals surface area contributed by atoms with E-state index in [1.807, 2.05) is 43.3 Å². The van der Waals surface area contributed by atoms with Gasteiger partial charge < -0.3 is 4.79 Å². The zero-order valence-corrected chi connectivity index (χ0v) is 12.7. The predicted octanol–water partition coefficient (Wildman–Crippen LogP) is 5.10. The first kappa shape index (κ1) is 15.2. The fourth-order valence-corrected chi connectivity index (χ4v) is 2.52. The van der Waals surface area contributed by atoms with Crippen molar-refractivity contribution in [1.82, 2.24) is 0 Å². The van der Waals surface area contributed by atoms with E-state index in [1.165, 1.54) is 5.56 Å². The minimum Gasteiger partial charge on any atom is -0.303 e. The Balaban J connectivity index is 2.37. The molecular formula is C20H22O. The third-order valence-electron chi connectivity index (χ3n) is 4.18. The summed E-state index contributed by atoms with van der Waals surface area (Å²) in [5.74, 6) is 0.0846. The van der Waals surface area contributed by atoms with E-state index in [4.69, 9.17) is 0 Å². The molecule has 0 fully saturated rings. The SMILES string of the molecule is CC[C@@](C)(C=O)[C@H](/C=C/c1ccccc1)c1ccccc1. The number of benzene rings is 2. The first-order chi connectivity index (χ1) is 10.2. The Morgan fingerprint density at radius 3 is 2.10 bits per heavy atom. The van der Waals surface area contributed by atoms with Crippen LogP contribution in [0.25, 0.3) is 6.08 Å². The van der Waals surface area contributed by atoms with Gasteiger partial charge in [0.25, 0.3) is 0 Å². The van der Waals surface area contributed by atoms with Gasteiger partial charge in [-0.15, -0.1) is 0 Å². The number of rotatable bonds is 6. The molecule has 0 radical (unpaired) electrons. The molecule has 0 bridgehead atoms. The van der Waals surface area contributed by atoms with Crippen LogP contribution in [0.1, 0.15) is 37.3 Å². The Morgan fingerprint density at radius 1 is 1.00 bits per heavy atom. The molecule has 0 aliphatic heterocycles. The molecule has 2 atom stereocenters. The molecule has 0 aromatic heterocycles. The molecule has 2 aromatic carbocycles. The van der Waals surface area contributed by atoms with E-state index in [-0.39, 0.29) is 11.3 Å². The molecule has 0 N–H and O–H groups in total. The van der Waals surface area contributed by atoms with E-state index in [1.54, 1.807) is 0 Å². The molecule has 0 heterocycles. The zero-order chi connectivity index (χ0) is 15.1. The molecule has 0 aliphatic rings. The third kappa shape index (κ3) is 3.69. The predicted molar refractivity (Wildman–Crippen MR) is 89.1 cm³/mol. The summed E-state index contributed by atoms with van der Waals surface area (Å²) in [6, 6.07) is 20.4. The number of hydrogen-bond acceptors (Lipinski definition) is 1. The van der Waals surface area contributed by atoms with Crippen LogP contribution in [0.15, 0.2) is 66.7 Å². The summed E-state index contributed by atoms with van der Waals surface area (Å²) in [6.45, 7) is 4.10. The molecule has 0 saturated heterocycles. The highest BCUT2D eigenvalue weighted by molar-refractivity contribution is 5.63. The summed E-state index contributed by atoms with van der Waals surface area (Å²) in [4.78, 5) is 11.7. The van der Waals surface area contributed by atoms with Gasteiger partial charge in [0.2, 0.25) is 0 Å². The van der Waals surface area contributed by atoms with Gasteiger partial charge in [0.05, 0.1) is 0 Å². The van der Waals surface area contributed by atoms with Gasteiger partial charge >= 0.3 is 0 Å². The van der Waals surface area contributed by atoms with Crippen LogP contribution in [0, 0.1) is 5.41 Å². The number of carbonyl (C=O) groups is 1. The summed E-state index contributed by atoms with van der Waals surface area (Å²) in [7, 11) is 0. The molecule has 1 heteroatoms. The van der Waals surface area contributed by atoms with Crippen molar-refractivity contribution in [3.05, 3.63) is 77.9 Å². The maximum atomic E-state index is 11.7. The van der Waals surface area contributed by atoms with Crippen LogP contribution >= 0.6 is 0 Å². The molecule has 108 valence electrons. The minimum atomic E-state index is -0.382. The smallest absolute Gasteiger partial charge is 0.126 e. The molecule has 0 amide bonds. The molecule has 21 heavy (non-hydrogen) atoms. The van der Waals surface area contributed by atoms with Crippen LogP contribution in [0.3, 0.4) is 0 Å².